The van der Waals surface area contributed by atoms with E-state index in [4.69, 9.17) is 0 Å². The molecule has 4 aromatic carbocycles. The van der Waals surface area contributed by atoms with Gasteiger partial charge in [0.2, 0.25) is 0 Å². The van der Waals surface area contributed by atoms with Gasteiger partial charge in [-0.2, -0.15) is 0 Å². The Morgan fingerprint density at radius 3 is 1.75 bits per heavy atom. The number of hydrogen-bond donors (Lipinski definition) is 0. The van der Waals surface area contributed by atoms with Crippen molar-refractivity contribution >= 4 is 0 Å². The van der Waals surface area contributed by atoms with Crippen LogP contribution in [0.4, 0.5) is 0 Å². The second-order valence-corrected chi connectivity index (χ2v) is 7.92. The maximum atomic E-state index is 2.37. The molecular weight excluding hydrogens is 336 g/mol. The molecule has 0 amide bonds. The molecule has 0 fully saturated rings. The summed E-state index contributed by atoms with van der Waals surface area (Å²) in [7, 11) is 0. The lowest BCUT2D eigenvalue weighted by molar-refractivity contribution is 1.21. The Kier molecular flexibility index (Phi) is 3.94. The maximum Gasteiger partial charge on any atom is -0.00105 e. The number of fused-ring (bicyclic) bond motifs is 3. The van der Waals surface area contributed by atoms with Crippen molar-refractivity contribution in [3.05, 3.63) is 107 Å². The van der Waals surface area contributed by atoms with Crippen molar-refractivity contribution in [1.82, 2.24) is 0 Å². The Morgan fingerprint density at radius 2 is 1.14 bits per heavy atom. The molecule has 0 saturated carbocycles. The van der Waals surface area contributed by atoms with Crippen LogP contribution in [0, 0.1) is 20.8 Å². The monoisotopic (exact) mass is 360 g/mol. The molecule has 28 heavy (non-hydrogen) atoms. The first-order chi connectivity index (χ1) is 13.6. The third-order valence-electron chi connectivity index (χ3n) is 6.16. The first-order valence-electron chi connectivity index (χ1n) is 10.0. The molecule has 0 spiro atoms. The summed E-state index contributed by atoms with van der Waals surface area (Å²) in [4.78, 5) is 0. The molecule has 0 bridgehead atoms. The predicted octanol–water partition coefficient (Wildman–Crippen LogP) is 7.52. The van der Waals surface area contributed by atoms with E-state index in [0.717, 1.165) is 6.42 Å². The molecule has 0 unspecified atom stereocenters. The van der Waals surface area contributed by atoms with Crippen molar-refractivity contribution in [3.8, 4) is 33.4 Å². The first kappa shape index (κ1) is 17.0. The molecular formula is C28H24. The number of rotatable bonds is 2. The molecule has 0 saturated heterocycles. The standard InChI is InChI=1S/C28H24/c1-18-14-15-23-17-24-19(2)26(21-10-6-4-7-11-21)27(22-12-8-5-9-13-22)20(3)28(24)25(23)16-18/h4-16H,17H2,1-3H3. The van der Waals surface area contributed by atoms with Crippen molar-refractivity contribution in [2.45, 2.75) is 27.2 Å². The molecule has 0 aliphatic heterocycles. The minimum absolute atomic E-state index is 1.03. The third-order valence-corrected chi connectivity index (χ3v) is 6.16. The van der Waals surface area contributed by atoms with E-state index in [9.17, 15) is 0 Å². The molecule has 0 radical (unpaired) electrons. The Hall–Kier alpha value is -3.12. The molecule has 0 nitrogen and oxygen atoms in total. The average Bonchev–Trinajstić information content (AvgIpc) is 3.11. The fourth-order valence-electron chi connectivity index (χ4n) is 4.85. The van der Waals surface area contributed by atoms with Gasteiger partial charge < -0.3 is 0 Å². The van der Waals surface area contributed by atoms with Crippen LogP contribution in [0.15, 0.2) is 78.9 Å². The van der Waals surface area contributed by atoms with E-state index in [0.29, 0.717) is 0 Å². The third kappa shape index (κ3) is 2.52. The Labute approximate surface area is 167 Å². The normalized spacial score (nSPS) is 12.0. The zero-order valence-corrected chi connectivity index (χ0v) is 16.7. The molecule has 0 heterocycles. The van der Waals surface area contributed by atoms with E-state index in [-0.39, 0.29) is 0 Å². The minimum atomic E-state index is 1.03. The van der Waals surface area contributed by atoms with Crippen LogP contribution in [0.3, 0.4) is 0 Å². The second-order valence-electron chi connectivity index (χ2n) is 7.92. The van der Waals surface area contributed by atoms with Gasteiger partial charge in [0.1, 0.15) is 0 Å². The number of aryl methyl sites for hydroxylation is 1. The van der Waals surface area contributed by atoms with Crippen LogP contribution in [-0.2, 0) is 6.42 Å². The van der Waals surface area contributed by atoms with E-state index >= 15 is 0 Å². The fourth-order valence-corrected chi connectivity index (χ4v) is 4.85. The van der Waals surface area contributed by atoms with Gasteiger partial charge in [-0.15, -0.1) is 0 Å². The SMILES string of the molecule is Cc1ccc2c(c1)-c1c(C)c(-c3ccccc3)c(-c3ccccc3)c(C)c1C2. The van der Waals surface area contributed by atoms with Gasteiger partial charge >= 0.3 is 0 Å². The molecule has 1 aliphatic rings. The smallest absolute Gasteiger partial charge is 0.00105 e. The van der Waals surface area contributed by atoms with Crippen molar-refractivity contribution in [2.75, 3.05) is 0 Å². The van der Waals surface area contributed by atoms with Crippen LogP contribution in [0.25, 0.3) is 33.4 Å². The molecule has 0 aromatic heterocycles. The molecule has 0 N–H and O–H groups in total. The van der Waals surface area contributed by atoms with Crippen molar-refractivity contribution < 1.29 is 0 Å². The molecule has 4 aromatic rings. The Morgan fingerprint density at radius 1 is 0.571 bits per heavy atom. The van der Waals surface area contributed by atoms with Gasteiger partial charge in [0, 0.05) is 0 Å². The summed E-state index contributed by atoms with van der Waals surface area (Å²) in [6.45, 7) is 6.81. The topological polar surface area (TPSA) is 0 Å². The maximum absolute atomic E-state index is 2.37. The lowest BCUT2D eigenvalue weighted by Crippen LogP contribution is -1.99. The quantitative estimate of drug-likeness (QED) is 0.305. The summed E-state index contributed by atoms with van der Waals surface area (Å²) in [6.07, 6.45) is 1.03. The minimum Gasteiger partial charge on any atom is -0.0622 e. The lowest BCUT2D eigenvalue weighted by atomic mass is 9.82. The average molecular weight is 361 g/mol. The highest BCUT2D eigenvalue weighted by Gasteiger charge is 2.27. The van der Waals surface area contributed by atoms with E-state index in [1.165, 1.54) is 61.2 Å². The summed E-state index contributed by atoms with van der Waals surface area (Å²) >= 11 is 0. The fraction of sp³-hybridized carbons (Fsp3) is 0.143. The zero-order valence-electron chi connectivity index (χ0n) is 16.7. The highest BCUT2D eigenvalue weighted by atomic mass is 14.3. The Bertz CT molecular complexity index is 1180. The van der Waals surface area contributed by atoms with E-state index in [1.807, 2.05) is 0 Å². The highest BCUT2D eigenvalue weighted by Crippen LogP contribution is 2.49. The van der Waals surface area contributed by atoms with Crippen LogP contribution in [-0.4, -0.2) is 0 Å². The van der Waals surface area contributed by atoms with Gasteiger partial charge in [-0.25, -0.2) is 0 Å². The van der Waals surface area contributed by atoms with Crippen LogP contribution < -0.4 is 0 Å². The molecule has 0 heteroatoms. The van der Waals surface area contributed by atoms with Gasteiger partial charge in [0.25, 0.3) is 0 Å². The second kappa shape index (κ2) is 6.49. The van der Waals surface area contributed by atoms with Gasteiger partial charge in [-0.1, -0.05) is 84.4 Å². The lowest BCUT2D eigenvalue weighted by Gasteiger charge is -2.22. The van der Waals surface area contributed by atoms with E-state index < -0.39 is 0 Å². The van der Waals surface area contributed by atoms with Crippen molar-refractivity contribution in [2.24, 2.45) is 0 Å². The van der Waals surface area contributed by atoms with Crippen LogP contribution >= 0.6 is 0 Å². The largest absolute Gasteiger partial charge is 0.0622 e. The Balaban J connectivity index is 1.90. The molecule has 5 rings (SSSR count). The van der Waals surface area contributed by atoms with Gasteiger partial charge in [-0.05, 0) is 82.8 Å². The van der Waals surface area contributed by atoms with E-state index in [2.05, 4.69) is 99.6 Å². The number of hydrogen-bond acceptors (Lipinski definition) is 0. The predicted molar refractivity (Wildman–Crippen MR) is 120 cm³/mol. The van der Waals surface area contributed by atoms with Crippen LogP contribution in [0.1, 0.15) is 27.8 Å². The summed E-state index contributed by atoms with van der Waals surface area (Å²) in [5.74, 6) is 0. The van der Waals surface area contributed by atoms with Gasteiger partial charge in [-0.3, -0.25) is 0 Å². The highest BCUT2D eigenvalue weighted by molar-refractivity contribution is 5.96. The molecule has 136 valence electrons. The first-order valence-corrected chi connectivity index (χ1v) is 10.0. The summed E-state index contributed by atoms with van der Waals surface area (Å²) in [5, 5.41) is 0. The molecule has 1 aliphatic carbocycles. The summed E-state index contributed by atoms with van der Waals surface area (Å²) in [5.41, 5.74) is 15.3. The van der Waals surface area contributed by atoms with Gasteiger partial charge in [0.15, 0.2) is 0 Å². The van der Waals surface area contributed by atoms with Crippen molar-refractivity contribution in [1.29, 1.82) is 0 Å². The van der Waals surface area contributed by atoms with E-state index in [1.54, 1.807) is 0 Å². The van der Waals surface area contributed by atoms with Crippen LogP contribution in [0.2, 0.25) is 0 Å². The molecule has 0 atom stereocenters. The summed E-state index contributed by atoms with van der Waals surface area (Å²) in [6, 6.07) is 28.7. The van der Waals surface area contributed by atoms with Crippen molar-refractivity contribution in [3.63, 3.8) is 0 Å². The van der Waals surface area contributed by atoms with Gasteiger partial charge in [0.05, 0.1) is 0 Å². The van der Waals surface area contributed by atoms with Crippen LogP contribution in [0.5, 0.6) is 0 Å². The summed E-state index contributed by atoms with van der Waals surface area (Å²) < 4.78 is 0. The number of benzene rings is 4. The zero-order chi connectivity index (χ0) is 19.3.